The van der Waals surface area contributed by atoms with E-state index in [1.54, 1.807) is 0 Å². The van der Waals surface area contributed by atoms with Gasteiger partial charge in [-0.25, -0.2) is 0 Å². The number of nitrogens with zero attached hydrogens (tertiary/aromatic N) is 1. The molecule has 3 heteroatoms. The fraction of sp³-hybridized carbons (Fsp3) is 0.500. The maximum atomic E-state index is 4.07. The Morgan fingerprint density at radius 3 is 2.48 bits per heavy atom. The van der Waals surface area contributed by atoms with Crippen LogP contribution in [0.2, 0.25) is 0 Å². The van der Waals surface area contributed by atoms with Crippen LogP contribution in [-0.4, -0.2) is 16.7 Å². The second-order valence-corrected chi connectivity index (χ2v) is 6.09. The molecule has 0 saturated heterocycles. The number of rotatable bonds is 6. The van der Waals surface area contributed by atoms with Gasteiger partial charge in [-0.05, 0) is 81.8 Å². The largest absolute Gasteiger partial charge is 0.310 e. The Hall–Kier alpha value is -1.61. The standard InChI is InChI=1S/C18H27N3/c1-12-9-14(3)18(10-13(12)2)16(5)19-8-6-7-17-11-20-21-15(17)4/h9-11,16,19H,6-8H2,1-5H3,(H,20,21). The highest BCUT2D eigenvalue weighted by Gasteiger charge is 2.09. The van der Waals surface area contributed by atoms with Gasteiger partial charge in [0.05, 0.1) is 6.20 Å². The third kappa shape index (κ3) is 3.94. The third-order valence-corrected chi connectivity index (χ3v) is 4.36. The number of aromatic amines is 1. The normalized spacial score (nSPS) is 12.6. The number of hydrogen-bond acceptors (Lipinski definition) is 2. The molecular formula is C18H27N3. The Morgan fingerprint density at radius 2 is 1.81 bits per heavy atom. The lowest BCUT2D eigenvalue weighted by atomic mass is 9.96. The predicted octanol–water partition coefficient (Wildman–Crippen LogP) is 3.93. The van der Waals surface area contributed by atoms with Gasteiger partial charge in [0.2, 0.25) is 0 Å². The second-order valence-electron chi connectivity index (χ2n) is 6.09. The lowest BCUT2D eigenvalue weighted by Gasteiger charge is -2.18. The molecule has 0 spiro atoms. The summed E-state index contributed by atoms with van der Waals surface area (Å²) in [5, 5.41) is 10.7. The van der Waals surface area contributed by atoms with Crippen LogP contribution in [0.1, 0.15) is 52.9 Å². The molecule has 2 rings (SSSR count). The number of hydrogen-bond donors (Lipinski definition) is 2. The van der Waals surface area contributed by atoms with Crippen molar-refractivity contribution in [3.05, 3.63) is 51.8 Å². The van der Waals surface area contributed by atoms with E-state index >= 15 is 0 Å². The maximum absolute atomic E-state index is 4.07. The summed E-state index contributed by atoms with van der Waals surface area (Å²) in [5.74, 6) is 0. The van der Waals surface area contributed by atoms with Crippen LogP contribution in [0.5, 0.6) is 0 Å². The van der Waals surface area contributed by atoms with Gasteiger partial charge >= 0.3 is 0 Å². The van der Waals surface area contributed by atoms with Gasteiger partial charge < -0.3 is 5.32 Å². The van der Waals surface area contributed by atoms with Crippen molar-refractivity contribution in [2.24, 2.45) is 0 Å². The molecule has 1 heterocycles. The Bertz CT molecular complexity index is 599. The molecule has 1 aromatic carbocycles. The highest BCUT2D eigenvalue weighted by molar-refractivity contribution is 5.38. The van der Waals surface area contributed by atoms with E-state index in [9.17, 15) is 0 Å². The minimum atomic E-state index is 0.398. The Labute approximate surface area is 128 Å². The van der Waals surface area contributed by atoms with E-state index in [1.807, 2.05) is 6.20 Å². The van der Waals surface area contributed by atoms with E-state index in [1.165, 1.54) is 33.5 Å². The van der Waals surface area contributed by atoms with E-state index in [-0.39, 0.29) is 0 Å². The molecule has 1 aromatic heterocycles. The molecular weight excluding hydrogens is 258 g/mol. The molecule has 0 aliphatic heterocycles. The molecule has 0 aliphatic carbocycles. The minimum Gasteiger partial charge on any atom is -0.310 e. The second kappa shape index (κ2) is 6.90. The first-order valence-electron chi connectivity index (χ1n) is 7.79. The first kappa shape index (κ1) is 15.8. The molecule has 0 fully saturated rings. The number of aromatic nitrogens is 2. The van der Waals surface area contributed by atoms with E-state index < -0.39 is 0 Å². The van der Waals surface area contributed by atoms with Crippen molar-refractivity contribution >= 4 is 0 Å². The molecule has 1 unspecified atom stereocenters. The minimum absolute atomic E-state index is 0.398. The topological polar surface area (TPSA) is 40.7 Å². The summed E-state index contributed by atoms with van der Waals surface area (Å²) in [5.41, 5.74) is 8.05. The van der Waals surface area contributed by atoms with Crippen molar-refractivity contribution < 1.29 is 0 Å². The van der Waals surface area contributed by atoms with Crippen LogP contribution in [0.25, 0.3) is 0 Å². The number of H-pyrrole nitrogens is 1. The molecule has 21 heavy (non-hydrogen) atoms. The molecule has 2 aromatic rings. The molecule has 0 aliphatic rings. The number of benzene rings is 1. The van der Waals surface area contributed by atoms with E-state index in [0.717, 1.165) is 19.4 Å². The lowest BCUT2D eigenvalue weighted by Crippen LogP contribution is -2.21. The fourth-order valence-corrected chi connectivity index (χ4v) is 2.78. The van der Waals surface area contributed by atoms with Gasteiger partial charge in [-0.3, -0.25) is 5.10 Å². The van der Waals surface area contributed by atoms with Gasteiger partial charge in [-0.1, -0.05) is 12.1 Å². The van der Waals surface area contributed by atoms with Crippen LogP contribution in [0, 0.1) is 27.7 Å². The van der Waals surface area contributed by atoms with Gasteiger partial charge in [-0.15, -0.1) is 0 Å². The van der Waals surface area contributed by atoms with E-state index in [4.69, 9.17) is 0 Å². The van der Waals surface area contributed by atoms with Crippen molar-refractivity contribution in [1.29, 1.82) is 0 Å². The Morgan fingerprint density at radius 1 is 1.10 bits per heavy atom. The van der Waals surface area contributed by atoms with Gasteiger partial charge in [0.25, 0.3) is 0 Å². The van der Waals surface area contributed by atoms with Crippen LogP contribution in [0.4, 0.5) is 0 Å². The highest BCUT2D eigenvalue weighted by Crippen LogP contribution is 2.21. The van der Waals surface area contributed by atoms with Gasteiger partial charge in [-0.2, -0.15) is 5.10 Å². The first-order valence-corrected chi connectivity index (χ1v) is 7.79. The summed E-state index contributed by atoms with van der Waals surface area (Å²) in [7, 11) is 0. The smallest absolute Gasteiger partial charge is 0.0522 e. The zero-order valence-electron chi connectivity index (χ0n) is 13.9. The average molecular weight is 285 g/mol. The summed E-state index contributed by atoms with van der Waals surface area (Å²) in [6, 6.07) is 5.01. The van der Waals surface area contributed by atoms with Crippen molar-refractivity contribution in [2.45, 2.75) is 53.5 Å². The van der Waals surface area contributed by atoms with Crippen LogP contribution in [0.15, 0.2) is 18.3 Å². The third-order valence-electron chi connectivity index (χ3n) is 4.36. The summed E-state index contributed by atoms with van der Waals surface area (Å²) in [6.07, 6.45) is 4.15. The van der Waals surface area contributed by atoms with E-state index in [2.05, 4.69) is 62.3 Å². The number of aryl methyl sites for hydroxylation is 5. The lowest BCUT2D eigenvalue weighted by molar-refractivity contribution is 0.555. The van der Waals surface area contributed by atoms with Crippen LogP contribution in [0.3, 0.4) is 0 Å². The van der Waals surface area contributed by atoms with Crippen molar-refractivity contribution in [2.75, 3.05) is 6.54 Å². The number of nitrogens with one attached hydrogen (secondary N) is 2. The SMILES string of the molecule is Cc1cc(C)c(C(C)NCCCc2cn[nH]c2C)cc1C. The molecule has 0 bridgehead atoms. The quantitative estimate of drug-likeness (QED) is 0.790. The van der Waals surface area contributed by atoms with Crippen LogP contribution >= 0.6 is 0 Å². The molecule has 0 amide bonds. The summed E-state index contributed by atoms with van der Waals surface area (Å²) in [4.78, 5) is 0. The van der Waals surface area contributed by atoms with E-state index in [0.29, 0.717) is 6.04 Å². The van der Waals surface area contributed by atoms with Crippen molar-refractivity contribution in [3.8, 4) is 0 Å². The van der Waals surface area contributed by atoms with Gasteiger partial charge in [0.15, 0.2) is 0 Å². The average Bonchev–Trinajstić information content (AvgIpc) is 2.84. The Kier molecular flexibility index (Phi) is 5.18. The fourth-order valence-electron chi connectivity index (χ4n) is 2.78. The molecule has 114 valence electrons. The van der Waals surface area contributed by atoms with Gasteiger partial charge in [0, 0.05) is 11.7 Å². The summed E-state index contributed by atoms with van der Waals surface area (Å²) in [6.45, 7) is 11.9. The monoisotopic (exact) mass is 285 g/mol. The highest BCUT2D eigenvalue weighted by atomic mass is 15.1. The van der Waals surface area contributed by atoms with Crippen molar-refractivity contribution in [3.63, 3.8) is 0 Å². The zero-order chi connectivity index (χ0) is 15.4. The van der Waals surface area contributed by atoms with Crippen LogP contribution in [-0.2, 0) is 6.42 Å². The van der Waals surface area contributed by atoms with Crippen molar-refractivity contribution in [1.82, 2.24) is 15.5 Å². The summed E-state index contributed by atoms with van der Waals surface area (Å²) >= 11 is 0. The molecule has 0 radical (unpaired) electrons. The molecule has 2 N–H and O–H groups in total. The van der Waals surface area contributed by atoms with Crippen LogP contribution < -0.4 is 5.32 Å². The maximum Gasteiger partial charge on any atom is 0.0522 e. The first-order chi connectivity index (χ1) is 9.99. The van der Waals surface area contributed by atoms with Gasteiger partial charge in [0.1, 0.15) is 0 Å². The molecule has 0 saturated carbocycles. The predicted molar refractivity (Wildman–Crippen MR) is 88.7 cm³/mol. The Balaban J connectivity index is 1.86. The molecule has 1 atom stereocenters. The summed E-state index contributed by atoms with van der Waals surface area (Å²) < 4.78 is 0. The molecule has 3 nitrogen and oxygen atoms in total. The zero-order valence-corrected chi connectivity index (χ0v) is 13.9.